The summed E-state index contributed by atoms with van der Waals surface area (Å²) in [5.74, 6) is -2.06. The molecule has 0 saturated heterocycles. The standard InChI is InChI=1S/C13H12BrN3O4/c14-7-1-2-9(11(18)3-7)12(19)17-10(13(20)21)4-8-5-15-6-16-8/h1-3,5-6,10,18H,4H2,(H,15,16)(H,17,19)(H,20,21)/t10-/m0/s1. The van der Waals surface area contributed by atoms with Gasteiger partial charge >= 0.3 is 5.97 Å². The fraction of sp³-hybridized carbons (Fsp3) is 0.154. The molecule has 4 N–H and O–H groups in total. The molecule has 0 aliphatic rings. The first kappa shape index (κ1) is 15.0. The number of carbonyl (C=O) groups is 2. The Bertz CT molecular complexity index is 657. The number of H-pyrrole nitrogens is 1. The normalized spacial score (nSPS) is 11.9. The van der Waals surface area contributed by atoms with E-state index in [9.17, 15) is 14.7 Å². The van der Waals surface area contributed by atoms with Crippen molar-refractivity contribution in [3.05, 3.63) is 46.5 Å². The van der Waals surface area contributed by atoms with Crippen LogP contribution < -0.4 is 5.32 Å². The quantitative estimate of drug-likeness (QED) is 0.646. The number of aromatic nitrogens is 2. The van der Waals surface area contributed by atoms with Crippen LogP contribution in [0.25, 0.3) is 0 Å². The molecule has 7 nitrogen and oxygen atoms in total. The maximum atomic E-state index is 12.0. The van der Waals surface area contributed by atoms with Crippen molar-refractivity contribution in [2.24, 2.45) is 0 Å². The molecule has 110 valence electrons. The van der Waals surface area contributed by atoms with Crippen LogP contribution in [0.3, 0.4) is 0 Å². The largest absolute Gasteiger partial charge is 0.507 e. The molecule has 1 amide bonds. The summed E-state index contributed by atoms with van der Waals surface area (Å²) in [6.45, 7) is 0. The smallest absolute Gasteiger partial charge is 0.326 e. The second-order valence-electron chi connectivity index (χ2n) is 4.31. The van der Waals surface area contributed by atoms with Crippen LogP contribution in [0, 0.1) is 0 Å². The van der Waals surface area contributed by atoms with Gasteiger partial charge in [-0.15, -0.1) is 0 Å². The van der Waals surface area contributed by atoms with Gasteiger partial charge in [0.05, 0.1) is 11.9 Å². The molecule has 1 aromatic carbocycles. The highest BCUT2D eigenvalue weighted by molar-refractivity contribution is 9.10. The predicted molar refractivity (Wildman–Crippen MR) is 77.0 cm³/mol. The van der Waals surface area contributed by atoms with Crippen LogP contribution in [0.1, 0.15) is 16.1 Å². The molecular formula is C13H12BrN3O4. The Balaban J connectivity index is 2.12. The minimum atomic E-state index is -1.17. The average Bonchev–Trinajstić information content (AvgIpc) is 2.90. The molecule has 0 aliphatic heterocycles. The summed E-state index contributed by atoms with van der Waals surface area (Å²) in [7, 11) is 0. The van der Waals surface area contributed by atoms with E-state index in [0.717, 1.165) is 0 Å². The number of aliphatic carboxylic acids is 1. The van der Waals surface area contributed by atoms with E-state index in [1.807, 2.05) is 0 Å². The lowest BCUT2D eigenvalue weighted by atomic mass is 10.1. The fourth-order valence-electron chi connectivity index (χ4n) is 1.75. The van der Waals surface area contributed by atoms with E-state index in [1.54, 1.807) is 6.07 Å². The van der Waals surface area contributed by atoms with Gasteiger partial charge in [-0.3, -0.25) is 4.79 Å². The summed E-state index contributed by atoms with van der Waals surface area (Å²) in [6.07, 6.45) is 2.98. The number of phenols is 1. The van der Waals surface area contributed by atoms with Crippen LogP contribution in [0.15, 0.2) is 35.2 Å². The lowest BCUT2D eigenvalue weighted by Crippen LogP contribution is -2.42. The summed E-state index contributed by atoms with van der Waals surface area (Å²) < 4.78 is 0.615. The molecule has 2 rings (SSSR count). The van der Waals surface area contributed by atoms with E-state index in [4.69, 9.17) is 5.11 Å². The molecule has 0 bridgehead atoms. The molecular weight excluding hydrogens is 342 g/mol. The van der Waals surface area contributed by atoms with Crippen molar-refractivity contribution in [3.63, 3.8) is 0 Å². The number of aromatic hydroxyl groups is 1. The lowest BCUT2D eigenvalue weighted by Gasteiger charge is -2.14. The van der Waals surface area contributed by atoms with Crippen LogP contribution in [0.4, 0.5) is 0 Å². The Morgan fingerprint density at radius 3 is 2.76 bits per heavy atom. The van der Waals surface area contributed by atoms with Gasteiger partial charge in [0.2, 0.25) is 0 Å². The number of rotatable bonds is 5. The summed E-state index contributed by atoms with van der Waals surface area (Å²) >= 11 is 3.16. The van der Waals surface area contributed by atoms with Crippen LogP contribution in [-0.2, 0) is 11.2 Å². The number of hydrogen-bond acceptors (Lipinski definition) is 4. The number of halogens is 1. The van der Waals surface area contributed by atoms with E-state index in [-0.39, 0.29) is 17.7 Å². The number of aromatic amines is 1. The first-order valence-electron chi connectivity index (χ1n) is 5.97. The molecule has 0 radical (unpaired) electrons. The summed E-state index contributed by atoms with van der Waals surface area (Å²) in [5, 5.41) is 21.2. The van der Waals surface area contributed by atoms with Crippen LogP contribution in [-0.4, -0.2) is 38.1 Å². The molecule has 1 aromatic heterocycles. The van der Waals surface area contributed by atoms with Crippen molar-refractivity contribution >= 4 is 27.8 Å². The zero-order valence-corrected chi connectivity index (χ0v) is 12.3. The molecule has 1 heterocycles. The van der Waals surface area contributed by atoms with E-state index in [2.05, 4.69) is 31.2 Å². The van der Waals surface area contributed by atoms with E-state index < -0.39 is 17.9 Å². The van der Waals surface area contributed by atoms with Gasteiger partial charge in [0.15, 0.2) is 0 Å². The Kier molecular flexibility index (Phi) is 4.59. The van der Waals surface area contributed by atoms with E-state index in [1.165, 1.54) is 24.7 Å². The lowest BCUT2D eigenvalue weighted by molar-refractivity contribution is -0.139. The topological polar surface area (TPSA) is 115 Å². The first-order chi connectivity index (χ1) is 9.97. The number of benzene rings is 1. The van der Waals surface area contributed by atoms with Gasteiger partial charge in [-0.05, 0) is 18.2 Å². The maximum Gasteiger partial charge on any atom is 0.326 e. The minimum Gasteiger partial charge on any atom is -0.507 e. The number of amides is 1. The van der Waals surface area contributed by atoms with Crippen LogP contribution in [0.2, 0.25) is 0 Å². The van der Waals surface area contributed by atoms with Gasteiger partial charge in [0.25, 0.3) is 5.91 Å². The molecule has 8 heteroatoms. The van der Waals surface area contributed by atoms with Gasteiger partial charge in [-0.25, -0.2) is 9.78 Å². The number of nitrogens with zero attached hydrogens (tertiary/aromatic N) is 1. The van der Waals surface area contributed by atoms with E-state index >= 15 is 0 Å². The Labute approximate surface area is 128 Å². The number of carboxylic acid groups (broad SMARTS) is 1. The van der Waals surface area contributed by atoms with Gasteiger partial charge in [-0.1, -0.05) is 15.9 Å². The second-order valence-corrected chi connectivity index (χ2v) is 5.22. The number of imidazole rings is 1. The average molecular weight is 354 g/mol. The molecule has 2 aromatic rings. The fourth-order valence-corrected chi connectivity index (χ4v) is 2.10. The van der Waals surface area contributed by atoms with Crippen molar-refractivity contribution in [3.8, 4) is 5.75 Å². The molecule has 0 saturated carbocycles. The number of hydrogen-bond donors (Lipinski definition) is 4. The number of carbonyl (C=O) groups excluding carboxylic acids is 1. The Hall–Kier alpha value is -2.35. The third kappa shape index (κ3) is 3.82. The molecule has 21 heavy (non-hydrogen) atoms. The number of nitrogens with one attached hydrogen (secondary N) is 2. The molecule has 1 atom stereocenters. The predicted octanol–water partition coefficient (Wildman–Crippen LogP) is 1.30. The van der Waals surface area contributed by atoms with Crippen LogP contribution >= 0.6 is 15.9 Å². The molecule has 0 aliphatic carbocycles. The Morgan fingerprint density at radius 1 is 1.43 bits per heavy atom. The van der Waals surface area contributed by atoms with Gasteiger partial charge in [-0.2, -0.15) is 0 Å². The van der Waals surface area contributed by atoms with Crippen molar-refractivity contribution in [1.29, 1.82) is 0 Å². The molecule has 0 unspecified atom stereocenters. The zero-order valence-electron chi connectivity index (χ0n) is 10.7. The second kappa shape index (κ2) is 6.40. The Morgan fingerprint density at radius 2 is 2.19 bits per heavy atom. The minimum absolute atomic E-state index is 0.00839. The third-order valence-corrected chi connectivity index (χ3v) is 3.28. The van der Waals surface area contributed by atoms with E-state index in [0.29, 0.717) is 10.2 Å². The highest BCUT2D eigenvalue weighted by Gasteiger charge is 2.23. The van der Waals surface area contributed by atoms with Gasteiger partial charge in [0.1, 0.15) is 11.8 Å². The van der Waals surface area contributed by atoms with Crippen molar-refractivity contribution in [1.82, 2.24) is 15.3 Å². The zero-order chi connectivity index (χ0) is 15.4. The van der Waals surface area contributed by atoms with Crippen molar-refractivity contribution in [2.75, 3.05) is 0 Å². The van der Waals surface area contributed by atoms with Crippen molar-refractivity contribution in [2.45, 2.75) is 12.5 Å². The summed E-state index contributed by atoms with van der Waals surface area (Å²) in [5.41, 5.74) is 0.594. The highest BCUT2D eigenvalue weighted by atomic mass is 79.9. The van der Waals surface area contributed by atoms with Crippen molar-refractivity contribution < 1.29 is 19.8 Å². The van der Waals surface area contributed by atoms with Gasteiger partial charge in [0, 0.05) is 22.8 Å². The highest BCUT2D eigenvalue weighted by Crippen LogP contribution is 2.22. The maximum absolute atomic E-state index is 12.0. The van der Waals surface area contributed by atoms with Gasteiger partial charge < -0.3 is 20.5 Å². The number of phenolic OH excluding ortho intramolecular Hbond substituents is 1. The summed E-state index contributed by atoms with van der Waals surface area (Å²) in [4.78, 5) is 29.8. The molecule has 0 fully saturated rings. The SMILES string of the molecule is O=C(N[C@@H](Cc1cnc[nH]1)C(=O)O)c1ccc(Br)cc1O. The monoisotopic (exact) mass is 353 g/mol. The third-order valence-electron chi connectivity index (χ3n) is 2.79. The summed E-state index contributed by atoms with van der Waals surface area (Å²) in [6, 6.07) is 3.23. The first-order valence-corrected chi connectivity index (χ1v) is 6.76. The molecule has 0 spiro atoms. The van der Waals surface area contributed by atoms with Crippen LogP contribution in [0.5, 0.6) is 5.75 Å². The number of carboxylic acids is 1.